The standard InChI is InChI=1S/C14H22FNO3/c1-19-13(17)8-5-9-16-14(18)12(15)10-11-6-3-2-4-7-11/h5,8,11-12H,2-4,6-7,9-10H2,1H3,(H,16,18)/b8-5+. The minimum atomic E-state index is -1.45. The van der Waals surface area contributed by atoms with Gasteiger partial charge >= 0.3 is 5.97 Å². The summed E-state index contributed by atoms with van der Waals surface area (Å²) in [6, 6.07) is 0. The first-order valence-corrected chi connectivity index (χ1v) is 6.79. The van der Waals surface area contributed by atoms with Crippen molar-refractivity contribution in [3.8, 4) is 0 Å². The molecule has 0 heterocycles. The highest BCUT2D eigenvalue weighted by molar-refractivity contribution is 5.82. The lowest BCUT2D eigenvalue weighted by Crippen LogP contribution is -2.33. The van der Waals surface area contributed by atoms with Gasteiger partial charge in [-0.1, -0.05) is 38.2 Å². The van der Waals surface area contributed by atoms with Crippen molar-refractivity contribution in [2.45, 2.75) is 44.7 Å². The van der Waals surface area contributed by atoms with Crippen molar-refractivity contribution < 1.29 is 18.7 Å². The molecule has 0 saturated heterocycles. The number of hydrogen-bond acceptors (Lipinski definition) is 3. The number of rotatable bonds is 6. The summed E-state index contributed by atoms with van der Waals surface area (Å²) >= 11 is 0. The average Bonchev–Trinajstić information content (AvgIpc) is 2.44. The minimum Gasteiger partial charge on any atom is -0.466 e. The van der Waals surface area contributed by atoms with E-state index in [-0.39, 0.29) is 6.54 Å². The normalized spacial score (nSPS) is 18.2. The fourth-order valence-corrected chi connectivity index (χ4v) is 2.32. The second-order valence-electron chi connectivity index (χ2n) is 4.88. The first kappa shape index (κ1) is 15.7. The molecule has 1 fully saturated rings. The Labute approximate surface area is 113 Å². The smallest absolute Gasteiger partial charge is 0.330 e. The zero-order chi connectivity index (χ0) is 14.1. The Hall–Kier alpha value is -1.39. The van der Waals surface area contributed by atoms with Gasteiger partial charge in [-0.2, -0.15) is 0 Å². The molecular formula is C14H22FNO3. The van der Waals surface area contributed by atoms with E-state index in [1.807, 2.05) is 0 Å². The molecule has 19 heavy (non-hydrogen) atoms. The van der Waals surface area contributed by atoms with E-state index in [0.29, 0.717) is 12.3 Å². The van der Waals surface area contributed by atoms with Gasteiger partial charge in [-0.25, -0.2) is 9.18 Å². The maximum Gasteiger partial charge on any atom is 0.330 e. The van der Waals surface area contributed by atoms with Gasteiger partial charge in [-0.3, -0.25) is 4.79 Å². The van der Waals surface area contributed by atoms with Gasteiger partial charge in [0.25, 0.3) is 5.91 Å². The van der Waals surface area contributed by atoms with Crippen LogP contribution in [-0.2, 0) is 14.3 Å². The third-order valence-corrected chi connectivity index (χ3v) is 3.40. The number of nitrogens with one attached hydrogen (secondary N) is 1. The number of hydrogen-bond donors (Lipinski definition) is 1. The lowest BCUT2D eigenvalue weighted by atomic mass is 9.85. The summed E-state index contributed by atoms with van der Waals surface area (Å²) in [5.74, 6) is -0.756. The summed E-state index contributed by atoms with van der Waals surface area (Å²) in [7, 11) is 1.27. The second-order valence-corrected chi connectivity index (χ2v) is 4.88. The van der Waals surface area contributed by atoms with Gasteiger partial charge < -0.3 is 10.1 Å². The van der Waals surface area contributed by atoms with E-state index in [0.717, 1.165) is 25.7 Å². The summed E-state index contributed by atoms with van der Waals surface area (Å²) in [6.45, 7) is 0.138. The molecule has 1 N–H and O–H groups in total. The highest BCUT2D eigenvalue weighted by Crippen LogP contribution is 2.28. The molecule has 0 aromatic heterocycles. The van der Waals surface area contributed by atoms with E-state index in [2.05, 4.69) is 10.1 Å². The molecule has 0 radical (unpaired) electrons. The number of carbonyl (C=O) groups is 2. The fraction of sp³-hybridized carbons (Fsp3) is 0.714. The average molecular weight is 271 g/mol. The monoisotopic (exact) mass is 271 g/mol. The van der Waals surface area contributed by atoms with Crippen LogP contribution in [0.15, 0.2) is 12.2 Å². The predicted molar refractivity (Wildman–Crippen MR) is 70.3 cm³/mol. The summed E-state index contributed by atoms with van der Waals surface area (Å²) in [6.07, 6.45) is 7.05. The molecule has 1 aliphatic rings. The third kappa shape index (κ3) is 6.36. The van der Waals surface area contributed by atoms with Crippen molar-refractivity contribution in [2.24, 2.45) is 5.92 Å². The van der Waals surface area contributed by atoms with Gasteiger partial charge in [0.1, 0.15) is 0 Å². The maximum absolute atomic E-state index is 13.7. The highest BCUT2D eigenvalue weighted by atomic mass is 19.1. The van der Waals surface area contributed by atoms with Crippen LogP contribution in [0.4, 0.5) is 4.39 Å². The van der Waals surface area contributed by atoms with E-state index in [1.165, 1.54) is 25.7 Å². The van der Waals surface area contributed by atoms with Crippen molar-refractivity contribution in [1.82, 2.24) is 5.32 Å². The van der Waals surface area contributed by atoms with Crippen molar-refractivity contribution in [1.29, 1.82) is 0 Å². The maximum atomic E-state index is 13.7. The van der Waals surface area contributed by atoms with Crippen LogP contribution in [0.5, 0.6) is 0 Å². The molecule has 1 atom stereocenters. The topological polar surface area (TPSA) is 55.4 Å². The Morgan fingerprint density at radius 2 is 2.05 bits per heavy atom. The van der Waals surface area contributed by atoms with Crippen LogP contribution in [-0.4, -0.2) is 31.7 Å². The molecular weight excluding hydrogens is 249 g/mol. The van der Waals surface area contributed by atoms with E-state index in [4.69, 9.17) is 0 Å². The number of halogens is 1. The van der Waals surface area contributed by atoms with Crippen LogP contribution in [0.2, 0.25) is 0 Å². The van der Waals surface area contributed by atoms with Crippen LogP contribution in [0, 0.1) is 5.92 Å². The van der Waals surface area contributed by atoms with E-state index in [9.17, 15) is 14.0 Å². The minimum absolute atomic E-state index is 0.138. The van der Waals surface area contributed by atoms with Crippen molar-refractivity contribution in [3.05, 3.63) is 12.2 Å². The zero-order valence-corrected chi connectivity index (χ0v) is 11.4. The number of ether oxygens (including phenoxy) is 1. The molecule has 0 bridgehead atoms. The summed E-state index contributed by atoms with van der Waals surface area (Å²) in [5, 5.41) is 2.44. The van der Waals surface area contributed by atoms with E-state index < -0.39 is 18.0 Å². The van der Waals surface area contributed by atoms with Gasteiger partial charge in [-0.05, 0) is 12.3 Å². The molecule has 1 unspecified atom stereocenters. The molecule has 1 amide bonds. The van der Waals surface area contributed by atoms with E-state index in [1.54, 1.807) is 0 Å². The molecule has 0 aromatic rings. The number of amides is 1. The summed E-state index contributed by atoms with van der Waals surface area (Å²) < 4.78 is 18.1. The number of methoxy groups -OCH3 is 1. The van der Waals surface area contributed by atoms with Crippen molar-refractivity contribution >= 4 is 11.9 Å². The Balaban J connectivity index is 2.20. The van der Waals surface area contributed by atoms with Crippen LogP contribution in [0.3, 0.4) is 0 Å². The molecule has 1 rings (SSSR count). The van der Waals surface area contributed by atoms with Crippen LogP contribution < -0.4 is 5.32 Å². The summed E-state index contributed by atoms with van der Waals surface area (Å²) in [5.41, 5.74) is 0. The Bertz CT molecular complexity index is 325. The van der Waals surface area contributed by atoms with Crippen LogP contribution >= 0.6 is 0 Å². The van der Waals surface area contributed by atoms with Gasteiger partial charge in [0, 0.05) is 12.6 Å². The SMILES string of the molecule is COC(=O)/C=C/CNC(=O)C(F)CC1CCCCC1. The molecule has 4 nitrogen and oxygen atoms in total. The molecule has 0 aliphatic heterocycles. The van der Waals surface area contributed by atoms with Gasteiger partial charge in [0.15, 0.2) is 6.17 Å². The van der Waals surface area contributed by atoms with Crippen molar-refractivity contribution in [2.75, 3.05) is 13.7 Å². The second kappa shape index (κ2) is 8.67. The van der Waals surface area contributed by atoms with Crippen LogP contribution in [0.1, 0.15) is 38.5 Å². The highest BCUT2D eigenvalue weighted by Gasteiger charge is 2.23. The predicted octanol–water partition coefficient (Wildman–Crippen LogP) is 2.14. The third-order valence-electron chi connectivity index (χ3n) is 3.40. The lowest BCUT2D eigenvalue weighted by molar-refractivity contribution is -0.135. The zero-order valence-electron chi connectivity index (χ0n) is 11.4. The van der Waals surface area contributed by atoms with Gasteiger partial charge in [0.05, 0.1) is 7.11 Å². The van der Waals surface area contributed by atoms with Gasteiger partial charge in [-0.15, -0.1) is 0 Å². The summed E-state index contributed by atoms with van der Waals surface area (Å²) in [4.78, 5) is 22.3. The first-order valence-electron chi connectivity index (χ1n) is 6.79. The molecule has 0 aromatic carbocycles. The number of alkyl halides is 1. The molecule has 0 spiro atoms. The van der Waals surface area contributed by atoms with Gasteiger partial charge in [0.2, 0.25) is 0 Å². The van der Waals surface area contributed by atoms with Crippen molar-refractivity contribution in [3.63, 3.8) is 0 Å². The largest absolute Gasteiger partial charge is 0.466 e. The first-order chi connectivity index (χ1) is 9.13. The number of esters is 1. The molecule has 5 heteroatoms. The number of carbonyl (C=O) groups excluding carboxylic acids is 2. The van der Waals surface area contributed by atoms with Crippen LogP contribution in [0.25, 0.3) is 0 Å². The molecule has 1 aliphatic carbocycles. The Morgan fingerprint density at radius 1 is 1.37 bits per heavy atom. The molecule has 108 valence electrons. The quantitative estimate of drug-likeness (QED) is 0.595. The Morgan fingerprint density at radius 3 is 2.68 bits per heavy atom. The fourth-order valence-electron chi connectivity index (χ4n) is 2.32. The Kier molecular flexibility index (Phi) is 7.15. The molecule has 1 saturated carbocycles. The lowest BCUT2D eigenvalue weighted by Gasteiger charge is -2.22. The van der Waals surface area contributed by atoms with E-state index >= 15 is 0 Å².